The van der Waals surface area contributed by atoms with Gasteiger partial charge in [-0.25, -0.2) is 13.4 Å². The van der Waals surface area contributed by atoms with Crippen molar-refractivity contribution < 1.29 is 8.42 Å². The van der Waals surface area contributed by atoms with Crippen molar-refractivity contribution in [2.45, 2.75) is 11.8 Å². The molecular weight excluding hydrogens is 363 g/mol. The van der Waals surface area contributed by atoms with Crippen molar-refractivity contribution in [1.29, 1.82) is 0 Å². The molecule has 0 atom stereocenters. The third-order valence-electron chi connectivity index (χ3n) is 2.94. The molecule has 0 spiro atoms. The van der Waals surface area contributed by atoms with E-state index in [2.05, 4.69) is 9.71 Å². The van der Waals surface area contributed by atoms with E-state index in [1.165, 1.54) is 23.5 Å². The Morgan fingerprint density at radius 3 is 2.50 bits per heavy atom. The van der Waals surface area contributed by atoms with Crippen LogP contribution in [0.25, 0.3) is 10.2 Å². The van der Waals surface area contributed by atoms with E-state index in [1.54, 1.807) is 24.3 Å². The molecule has 0 saturated carbocycles. The normalized spacial score (nSPS) is 11.8. The zero-order valence-electron chi connectivity index (χ0n) is 11.3. The van der Waals surface area contributed by atoms with Crippen molar-refractivity contribution in [2.75, 3.05) is 4.72 Å². The summed E-state index contributed by atoms with van der Waals surface area (Å²) in [6.07, 6.45) is 0. The van der Waals surface area contributed by atoms with Crippen molar-refractivity contribution in [2.24, 2.45) is 0 Å². The largest absolute Gasteiger partial charge is 0.279 e. The Hall–Kier alpha value is -1.34. The van der Waals surface area contributed by atoms with Crippen LogP contribution in [0.1, 0.15) is 5.01 Å². The smallest absolute Gasteiger partial charge is 0.264 e. The molecule has 1 N–H and O–H groups in total. The Morgan fingerprint density at radius 1 is 1.14 bits per heavy atom. The van der Waals surface area contributed by atoms with Crippen LogP contribution in [0.4, 0.5) is 5.69 Å². The van der Waals surface area contributed by atoms with E-state index in [0.29, 0.717) is 5.69 Å². The molecular formula is C14H10Cl2N2O2S2. The number of rotatable bonds is 3. The van der Waals surface area contributed by atoms with Gasteiger partial charge in [-0.1, -0.05) is 29.3 Å². The van der Waals surface area contributed by atoms with Crippen LogP contribution in [0.15, 0.2) is 41.3 Å². The van der Waals surface area contributed by atoms with Gasteiger partial charge in [0.15, 0.2) is 0 Å². The van der Waals surface area contributed by atoms with Crippen molar-refractivity contribution >= 4 is 60.5 Å². The predicted octanol–water partition coefficient (Wildman–Crippen LogP) is 4.71. The summed E-state index contributed by atoms with van der Waals surface area (Å²) in [6, 6.07) is 9.72. The minimum absolute atomic E-state index is 0.0784. The summed E-state index contributed by atoms with van der Waals surface area (Å²) in [6.45, 7) is 1.90. The van der Waals surface area contributed by atoms with Gasteiger partial charge in [0.2, 0.25) is 0 Å². The third-order valence-corrected chi connectivity index (χ3v) is 6.20. The van der Waals surface area contributed by atoms with Crippen molar-refractivity contribution in [3.8, 4) is 0 Å². The number of aromatic nitrogens is 1. The SMILES string of the molecule is Cc1nc2ccc(NS(=O)(=O)c3c(Cl)cccc3Cl)cc2s1. The highest BCUT2D eigenvalue weighted by Gasteiger charge is 2.21. The van der Waals surface area contributed by atoms with E-state index in [4.69, 9.17) is 23.2 Å². The zero-order valence-corrected chi connectivity index (χ0v) is 14.4. The van der Waals surface area contributed by atoms with Crippen LogP contribution in [-0.4, -0.2) is 13.4 Å². The molecule has 0 fully saturated rings. The second-order valence-corrected chi connectivity index (χ2v) is 8.24. The van der Waals surface area contributed by atoms with E-state index in [0.717, 1.165) is 15.2 Å². The van der Waals surface area contributed by atoms with Gasteiger partial charge in [-0.15, -0.1) is 11.3 Å². The maximum absolute atomic E-state index is 12.5. The minimum atomic E-state index is -3.87. The van der Waals surface area contributed by atoms with Gasteiger partial charge in [-0.2, -0.15) is 0 Å². The lowest BCUT2D eigenvalue weighted by Crippen LogP contribution is -2.14. The molecule has 0 bridgehead atoms. The van der Waals surface area contributed by atoms with Gasteiger partial charge >= 0.3 is 0 Å². The fourth-order valence-electron chi connectivity index (χ4n) is 2.05. The highest BCUT2D eigenvalue weighted by molar-refractivity contribution is 7.93. The summed E-state index contributed by atoms with van der Waals surface area (Å²) >= 11 is 13.4. The monoisotopic (exact) mass is 372 g/mol. The van der Waals surface area contributed by atoms with E-state index in [1.807, 2.05) is 6.92 Å². The molecule has 4 nitrogen and oxygen atoms in total. The van der Waals surface area contributed by atoms with Crippen LogP contribution in [-0.2, 0) is 10.0 Å². The zero-order chi connectivity index (χ0) is 15.9. The number of anilines is 1. The molecule has 22 heavy (non-hydrogen) atoms. The first kappa shape index (κ1) is 15.6. The van der Waals surface area contributed by atoms with Crippen LogP contribution in [0.3, 0.4) is 0 Å². The van der Waals surface area contributed by atoms with E-state index in [-0.39, 0.29) is 14.9 Å². The number of halogens is 2. The van der Waals surface area contributed by atoms with Gasteiger partial charge in [0.05, 0.1) is 31.0 Å². The average Bonchev–Trinajstić information content (AvgIpc) is 2.77. The summed E-state index contributed by atoms with van der Waals surface area (Å²) in [5, 5.41) is 1.08. The lowest BCUT2D eigenvalue weighted by atomic mass is 10.3. The molecule has 8 heteroatoms. The van der Waals surface area contributed by atoms with Crippen LogP contribution >= 0.6 is 34.5 Å². The number of hydrogen-bond acceptors (Lipinski definition) is 4. The first-order valence-electron chi connectivity index (χ1n) is 6.21. The summed E-state index contributed by atoms with van der Waals surface area (Å²) in [4.78, 5) is 4.21. The molecule has 0 radical (unpaired) electrons. The highest BCUT2D eigenvalue weighted by atomic mass is 35.5. The topological polar surface area (TPSA) is 59.1 Å². The first-order valence-corrected chi connectivity index (χ1v) is 9.26. The molecule has 0 aliphatic heterocycles. The molecule has 1 heterocycles. The van der Waals surface area contributed by atoms with Crippen LogP contribution < -0.4 is 4.72 Å². The molecule has 0 saturated heterocycles. The molecule has 0 unspecified atom stereocenters. The molecule has 114 valence electrons. The molecule has 0 aliphatic rings. The van der Waals surface area contributed by atoms with Gasteiger partial charge in [0.1, 0.15) is 4.90 Å². The van der Waals surface area contributed by atoms with E-state index in [9.17, 15) is 8.42 Å². The lowest BCUT2D eigenvalue weighted by Gasteiger charge is -2.10. The van der Waals surface area contributed by atoms with Crippen LogP contribution in [0.5, 0.6) is 0 Å². The fourth-order valence-corrected chi connectivity index (χ4v) is 5.11. The van der Waals surface area contributed by atoms with Gasteiger partial charge in [-0.3, -0.25) is 4.72 Å². The van der Waals surface area contributed by atoms with Gasteiger partial charge < -0.3 is 0 Å². The Morgan fingerprint density at radius 2 is 1.82 bits per heavy atom. The van der Waals surface area contributed by atoms with Crippen molar-refractivity contribution in [1.82, 2.24) is 4.98 Å². The number of fused-ring (bicyclic) bond motifs is 1. The van der Waals surface area contributed by atoms with Gasteiger partial charge in [0.25, 0.3) is 10.0 Å². The number of hydrogen-bond donors (Lipinski definition) is 1. The number of sulfonamides is 1. The Labute approximate surface area is 141 Å². The first-order chi connectivity index (χ1) is 10.4. The molecule has 0 aliphatic carbocycles. The Kier molecular flexibility index (Phi) is 4.03. The molecule has 3 aromatic rings. The number of aryl methyl sites for hydroxylation is 1. The van der Waals surface area contributed by atoms with Crippen molar-refractivity contribution in [3.05, 3.63) is 51.5 Å². The second kappa shape index (κ2) is 5.70. The van der Waals surface area contributed by atoms with E-state index < -0.39 is 10.0 Å². The summed E-state index contributed by atoms with van der Waals surface area (Å²) in [7, 11) is -3.87. The second-order valence-electron chi connectivity index (χ2n) is 4.57. The Balaban J connectivity index is 2.02. The minimum Gasteiger partial charge on any atom is -0.279 e. The number of benzene rings is 2. The number of thiazole rings is 1. The summed E-state index contributed by atoms with van der Waals surface area (Å²) < 4.78 is 28.4. The predicted molar refractivity (Wildman–Crippen MR) is 91.6 cm³/mol. The molecule has 3 rings (SSSR count). The maximum atomic E-state index is 12.5. The van der Waals surface area contributed by atoms with Crippen molar-refractivity contribution in [3.63, 3.8) is 0 Å². The maximum Gasteiger partial charge on any atom is 0.264 e. The summed E-state index contributed by atoms with van der Waals surface area (Å²) in [5.41, 5.74) is 1.27. The third kappa shape index (κ3) is 2.92. The average molecular weight is 373 g/mol. The van der Waals surface area contributed by atoms with E-state index >= 15 is 0 Å². The fraction of sp³-hybridized carbons (Fsp3) is 0.0714. The van der Waals surface area contributed by atoms with Gasteiger partial charge in [-0.05, 0) is 37.3 Å². The standard InChI is InChI=1S/C14H10Cl2N2O2S2/c1-8-17-12-6-5-9(7-13(12)21-8)18-22(19,20)14-10(15)3-2-4-11(14)16/h2-7,18H,1H3. The lowest BCUT2D eigenvalue weighted by molar-refractivity contribution is 0.601. The summed E-state index contributed by atoms with van der Waals surface area (Å²) in [5.74, 6) is 0. The Bertz CT molecular complexity index is 948. The molecule has 2 aromatic carbocycles. The van der Waals surface area contributed by atoms with Crippen LogP contribution in [0.2, 0.25) is 10.0 Å². The quantitative estimate of drug-likeness (QED) is 0.723. The van der Waals surface area contributed by atoms with Crippen LogP contribution in [0, 0.1) is 6.92 Å². The molecule has 1 aromatic heterocycles. The number of nitrogens with zero attached hydrogens (tertiary/aromatic N) is 1. The van der Waals surface area contributed by atoms with Gasteiger partial charge in [0, 0.05) is 0 Å². The number of nitrogens with one attached hydrogen (secondary N) is 1. The highest BCUT2D eigenvalue weighted by Crippen LogP contribution is 2.31. The molecule has 0 amide bonds.